The molecule has 0 aliphatic carbocycles. The average Bonchev–Trinajstić information content (AvgIpc) is 2.47. The first-order valence-corrected chi connectivity index (χ1v) is 7.92. The lowest BCUT2D eigenvalue weighted by Crippen LogP contribution is -2.48. The molecule has 1 fully saturated rings. The molecule has 1 unspecified atom stereocenters. The van der Waals surface area contributed by atoms with Crippen molar-refractivity contribution in [1.29, 1.82) is 0 Å². The second kappa shape index (κ2) is 6.00. The zero-order valence-corrected chi connectivity index (χ0v) is 11.9. The van der Waals surface area contributed by atoms with Gasteiger partial charge in [-0.25, -0.2) is 8.42 Å². The van der Waals surface area contributed by atoms with E-state index in [2.05, 4.69) is 0 Å². The summed E-state index contributed by atoms with van der Waals surface area (Å²) in [5.41, 5.74) is 6.66. The van der Waals surface area contributed by atoms with E-state index < -0.39 is 10.0 Å². The molecule has 0 spiro atoms. The zero-order chi connectivity index (χ0) is 13.9. The predicted molar refractivity (Wildman–Crippen MR) is 73.4 cm³/mol. The SMILES string of the molecule is CCc1ccc(S(=O)(=O)N2CCOC(CN)C2)cc1. The second-order valence-electron chi connectivity index (χ2n) is 4.59. The topological polar surface area (TPSA) is 72.6 Å². The van der Waals surface area contributed by atoms with Crippen molar-refractivity contribution in [2.45, 2.75) is 24.3 Å². The number of nitrogens with zero attached hydrogens (tertiary/aromatic N) is 1. The molecular weight excluding hydrogens is 264 g/mol. The summed E-state index contributed by atoms with van der Waals surface area (Å²) < 4.78 is 31.8. The maximum Gasteiger partial charge on any atom is 0.243 e. The third kappa shape index (κ3) is 3.14. The Morgan fingerprint density at radius 3 is 2.63 bits per heavy atom. The number of hydrogen-bond donors (Lipinski definition) is 1. The van der Waals surface area contributed by atoms with Crippen molar-refractivity contribution in [3.8, 4) is 0 Å². The van der Waals surface area contributed by atoms with Gasteiger partial charge in [0.2, 0.25) is 10.0 Å². The minimum Gasteiger partial charge on any atom is -0.374 e. The van der Waals surface area contributed by atoms with E-state index in [9.17, 15) is 8.42 Å². The summed E-state index contributed by atoms with van der Waals surface area (Å²) in [4.78, 5) is 0.336. The van der Waals surface area contributed by atoms with Crippen LogP contribution in [0.4, 0.5) is 0 Å². The minimum absolute atomic E-state index is 0.210. The molecule has 2 N–H and O–H groups in total. The molecule has 1 saturated heterocycles. The summed E-state index contributed by atoms with van der Waals surface area (Å²) in [6, 6.07) is 7.05. The highest BCUT2D eigenvalue weighted by Gasteiger charge is 2.30. The fraction of sp³-hybridized carbons (Fsp3) is 0.538. The number of sulfonamides is 1. The van der Waals surface area contributed by atoms with E-state index in [1.807, 2.05) is 19.1 Å². The van der Waals surface area contributed by atoms with Crippen LogP contribution in [0.5, 0.6) is 0 Å². The van der Waals surface area contributed by atoms with Gasteiger partial charge in [-0.15, -0.1) is 0 Å². The van der Waals surface area contributed by atoms with Crippen LogP contribution in [0.2, 0.25) is 0 Å². The summed E-state index contributed by atoms with van der Waals surface area (Å²) >= 11 is 0. The number of nitrogens with two attached hydrogens (primary N) is 1. The Morgan fingerprint density at radius 1 is 1.37 bits per heavy atom. The molecule has 0 bridgehead atoms. The number of benzene rings is 1. The molecule has 1 aliphatic rings. The fourth-order valence-electron chi connectivity index (χ4n) is 2.10. The number of rotatable bonds is 4. The second-order valence-corrected chi connectivity index (χ2v) is 6.53. The molecule has 2 rings (SSSR count). The average molecular weight is 284 g/mol. The smallest absolute Gasteiger partial charge is 0.243 e. The van der Waals surface area contributed by atoms with Gasteiger partial charge in [0.15, 0.2) is 0 Å². The van der Waals surface area contributed by atoms with E-state index >= 15 is 0 Å². The van der Waals surface area contributed by atoms with Gasteiger partial charge < -0.3 is 10.5 Å². The van der Waals surface area contributed by atoms with Crippen molar-refractivity contribution in [2.24, 2.45) is 5.73 Å². The van der Waals surface area contributed by atoms with Gasteiger partial charge in [0.25, 0.3) is 0 Å². The van der Waals surface area contributed by atoms with Gasteiger partial charge in [-0.2, -0.15) is 4.31 Å². The first-order valence-electron chi connectivity index (χ1n) is 6.48. The normalized spacial score (nSPS) is 21.5. The highest BCUT2D eigenvalue weighted by molar-refractivity contribution is 7.89. The third-order valence-corrected chi connectivity index (χ3v) is 5.21. The molecule has 0 saturated carbocycles. The molecule has 1 aliphatic heterocycles. The van der Waals surface area contributed by atoms with Crippen LogP contribution in [0, 0.1) is 0 Å². The van der Waals surface area contributed by atoms with Gasteiger partial charge in [-0.05, 0) is 24.1 Å². The molecule has 0 aromatic heterocycles. The van der Waals surface area contributed by atoms with E-state index in [0.29, 0.717) is 31.1 Å². The highest BCUT2D eigenvalue weighted by atomic mass is 32.2. The molecule has 19 heavy (non-hydrogen) atoms. The lowest BCUT2D eigenvalue weighted by molar-refractivity contribution is 0.00450. The molecule has 5 nitrogen and oxygen atoms in total. The lowest BCUT2D eigenvalue weighted by atomic mass is 10.2. The van der Waals surface area contributed by atoms with Crippen LogP contribution < -0.4 is 5.73 Å². The highest BCUT2D eigenvalue weighted by Crippen LogP contribution is 2.19. The van der Waals surface area contributed by atoms with Crippen LogP contribution in [0.3, 0.4) is 0 Å². The van der Waals surface area contributed by atoms with E-state index in [1.54, 1.807) is 12.1 Å². The Bertz CT molecular complexity index is 513. The Balaban J connectivity index is 2.20. The summed E-state index contributed by atoms with van der Waals surface area (Å²) in [6.07, 6.45) is 0.686. The van der Waals surface area contributed by atoms with Crippen molar-refractivity contribution in [2.75, 3.05) is 26.2 Å². The molecule has 1 aromatic carbocycles. The summed E-state index contributed by atoms with van der Waals surface area (Å²) in [6.45, 7) is 3.48. The summed E-state index contributed by atoms with van der Waals surface area (Å²) in [5, 5.41) is 0. The van der Waals surface area contributed by atoms with E-state index in [4.69, 9.17) is 10.5 Å². The largest absolute Gasteiger partial charge is 0.374 e. The predicted octanol–water partition coefficient (Wildman–Crippen LogP) is 0.597. The van der Waals surface area contributed by atoms with Crippen molar-refractivity contribution < 1.29 is 13.2 Å². The van der Waals surface area contributed by atoms with Gasteiger partial charge in [0.1, 0.15) is 0 Å². The van der Waals surface area contributed by atoms with Crippen LogP contribution >= 0.6 is 0 Å². The standard InChI is InChI=1S/C13H20N2O3S/c1-2-11-3-5-13(6-4-11)19(16,17)15-7-8-18-12(9-14)10-15/h3-6,12H,2,7-10,14H2,1H3. The Hall–Kier alpha value is -0.950. The van der Waals surface area contributed by atoms with Crippen LogP contribution in [-0.2, 0) is 21.2 Å². The van der Waals surface area contributed by atoms with Crippen molar-refractivity contribution in [1.82, 2.24) is 4.31 Å². The number of aryl methyl sites for hydroxylation is 1. The molecule has 1 atom stereocenters. The molecule has 0 amide bonds. The van der Waals surface area contributed by atoms with Gasteiger partial charge in [0.05, 0.1) is 17.6 Å². The molecule has 1 heterocycles. The molecule has 0 radical (unpaired) electrons. The molecule has 106 valence electrons. The monoisotopic (exact) mass is 284 g/mol. The van der Waals surface area contributed by atoms with E-state index in [-0.39, 0.29) is 6.10 Å². The van der Waals surface area contributed by atoms with Gasteiger partial charge in [-0.1, -0.05) is 19.1 Å². The van der Waals surface area contributed by atoms with Crippen LogP contribution in [-0.4, -0.2) is 45.1 Å². The zero-order valence-electron chi connectivity index (χ0n) is 11.1. The Kier molecular flexibility index (Phi) is 4.57. The van der Waals surface area contributed by atoms with Crippen LogP contribution in [0.25, 0.3) is 0 Å². The van der Waals surface area contributed by atoms with Gasteiger partial charge in [-0.3, -0.25) is 0 Å². The van der Waals surface area contributed by atoms with Crippen molar-refractivity contribution >= 4 is 10.0 Å². The van der Waals surface area contributed by atoms with Crippen LogP contribution in [0.1, 0.15) is 12.5 Å². The fourth-order valence-corrected chi connectivity index (χ4v) is 3.55. The first kappa shape index (κ1) is 14.5. The molecular formula is C13H20N2O3S. The van der Waals surface area contributed by atoms with Crippen molar-refractivity contribution in [3.63, 3.8) is 0 Å². The third-order valence-electron chi connectivity index (χ3n) is 3.33. The first-order chi connectivity index (χ1) is 9.07. The molecule has 6 heteroatoms. The molecule has 1 aromatic rings. The summed E-state index contributed by atoms with van der Waals surface area (Å²) in [7, 11) is -3.43. The van der Waals surface area contributed by atoms with Gasteiger partial charge >= 0.3 is 0 Å². The quantitative estimate of drug-likeness (QED) is 0.878. The van der Waals surface area contributed by atoms with Crippen molar-refractivity contribution in [3.05, 3.63) is 29.8 Å². The number of hydrogen-bond acceptors (Lipinski definition) is 4. The summed E-state index contributed by atoms with van der Waals surface area (Å²) in [5.74, 6) is 0. The Labute approximate surface area is 114 Å². The minimum atomic E-state index is -3.43. The lowest BCUT2D eigenvalue weighted by Gasteiger charge is -2.31. The Morgan fingerprint density at radius 2 is 2.05 bits per heavy atom. The van der Waals surface area contributed by atoms with Crippen LogP contribution in [0.15, 0.2) is 29.2 Å². The maximum absolute atomic E-state index is 12.5. The van der Waals surface area contributed by atoms with E-state index in [0.717, 1.165) is 12.0 Å². The number of ether oxygens (including phenoxy) is 1. The maximum atomic E-state index is 12.5. The number of morpholine rings is 1. The van der Waals surface area contributed by atoms with E-state index in [1.165, 1.54) is 4.31 Å². The van der Waals surface area contributed by atoms with Gasteiger partial charge in [0, 0.05) is 19.6 Å².